The largest absolute Gasteiger partial charge is 0.0617 e. The van der Waals surface area contributed by atoms with Crippen molar-refractivity contribution in [3.05, 3.63) is 70.8 Å². The Hall–Kier alpha value is -1.56. The minimum atomic E-state index is 0.238. The maximum atomic E-state index is 2.41. The topological polar surface area (TPSA) is 0 Å². The van der Waals surface area contributed by atoms with Gasteiger partial charge in [0.1, 0.15) is 0 Å². The van der Waals surface area contributed by atoms with Gasteiger partial charge in [-0.3, -0.25) is 0 Å². The van der Waals surface area contributed by atoms with Crippen molar-refractivity contribution in [2.45, 2.75) is 39.5 Å². The van der Waals surface area contributed by atoms with E-state index in [1.165, 1.54) is 22.3 Å². The van der Waals surface area contributed by atoms with Crippen LogP contribution >= 0.6 is 0 Å². The van der Waals surface area contributed by atoms with Crippen molar-refractivity contribution >= 4 is 0 Å². The van der Waals surface area contributed by atoms with Crippen molar-refractivity contribution in [2.24, 2.45) is 5.41 Å². The van der Waals surface area contributed by atoms with E-state index in [0.29, 0.717) is 5.92 Å². The van der Waals surface area contributed by atoms with Crippen LogP contribution in [0.2, 0.25) is 0 Å². The molecule has 0 saturated carbocycles. The average Bonchev–Trinajstić information content (AvgIpc) is 2.38. The molecule has 4 bridgehead atoms. The Bertz CT molecular complexity index is 539. The van der Waals surface area contributed by atoms with Crippen LogP contribution in [-0.2, 0) is 12.8 Å². The summed E-state index contributed by atoms with van der Waals surface area (Å²) in [7, 11) is 0. The van der Waals surface area contributed by atoms with Crippen molar-refractivity contribution < 1.29 is 0 Å². The molecule has 0 atom stereocenters. The molecular formula is C19H22. The van der Waals surface area contributed by atoms with Crippen LogP contribution in [-0.4, -0.2) is 0 Å². The lowest BCUT2D eigenvalue weighted by atomic mass is 9.72. The van der Waals surface area contributed by atoms with E-state index in [1.807, 2.05) is 0 Å². The zero-order valence-electron chi connectivity index (χ0n) is 12.1. The summed E-state index contributed by atoms with van der Waals surface area (Å²) < 4.78 is 0. The zero-order valence-corrected chi connectivity index (χ0v) is 12.1. The van der Waals surface area contributed by atoms with E-state index in [4.69, 9.17) is 0 Å². The van der Waals surface area contributed by atoms with Gasteiger partial charge < -0.3 is 0 Å². The Balaban J connectivity index is 2.23. The molecule has 0 unspecified atom stereocenters. The Morgan fingerprint density at radius 3 is 1.68 bits per heavy atom. The molecule has 0 nitrogen and oxygen atoms in total. The molecule has 0 radical (unpaired) electrons. The summed E-state index contributed by atoms with van der Waals surface area (Å²) in [5.74, 6) is 0.477. The summed E-state index contributed by atoms with van der Waals surface area (Å²) in [5, 5.41) is 0. The summed E-state index contributed by atoms with van der Waals surface area (Å²) in [6.07, 6.45) is 2.29. The molecule has 1 aliphatic rings. The van der Waals surface area contributed by atoms with E-state index in [1.54, 1.807) is 0 Å². The van der Waals surface area contributed by atoms with Crippen LogP contribution in [0.5, 0.6) is 0 Å². The molecule has 0 fully saturated rings. The molecule has 19 heavy (non-hydrogen) atoms. The van der Waals surface area contributed by atoms with E-state index < -0.39 is 0 Å². The first kappa shape index (κ1) is 12.5. The van der Waals surface area contributed by atoms with Crippen molar-refractivity contribution in [3.63, 3.8) is 0 Å². The molecule has 0 spiro atoms. The second-order valence-electron chi connectivity index (χ2n) is 6.79. The normalized spacial score (nSPS) is 15.5. The number of benzene rings is 2. The lowest BCUT2D eigenvalue weighted by Crippen LogP contribution is -2.19. The number of hydrogen-bond donors (Lipinski definition) is 0. The highest BCUT2D eigenvalue weighted by atomic mass is 14.3. The lowest BCUT2D eigenvalue weighted by Gasteiger charge is -2.32. The first-order valence-electron chi connectivity index (χ1n) is 7.22. The predicted molar refractivity (Wildman–Crippen MR) is 81.6 cm³/mol. The highest BCUT2D eigenvalue weighted by Gasteiger charge is 2.28. The smallest absolute Gasteiger partial charge is 0.0138 e. The van der Waals surface area contributed by atoms with Gasteiger partial charge in [0.15, 0.2) is 0 Å². The Morgan fingerprint density at radius 1 is 0.789 bits per heavy atom. The number of fused-ring (bicyclic) bond motifs is 4. The maximum Gasteiger partial charge on any atom is 0.0138 e. The summed E-state index contributed by atoms with van der Waals surface area (Å²) in [6, 6.07) is 18.4. The second kappa shape index (κ2) is 4.52. The van der Waals surface area contributed by atoms with Gasteiger partial charge in [0.2, 0.25) is 0 Å². The number of hydrogen-bond acceptors (Lipinski definition) is 0. The average molecular weight is 250 g/mol. The molecule has 0 heterocycles. The third-order valence-electron chi connectivity index (χ3n) is 4.14. The molecule has 0 aromatic heterocycles. The van der Waals surface area contributed by atoms with Gasteiger partial charge in [-0.05, 0) is 40.5 Å². The highest BCUT2D eigenvalue weighted by molar-refractivity contribution is 5.40. The molecule has 0 aliphatic heterocycles. The quantitative estimate of drug-likeness (QED) is 0.619. The fourth-order valence-electron chi connectivity index (χ4n) is 3.34. The van der Waals surface area contributed by atoms with Crippen LogP contribution in [0, 0.1) is 5.41 Å². The number of rotatable bonds is 0. The standard InChI is InChI=1S/C19H22/c1-19(2,3)18-16-8-4-6-14(12-16)10-11-15-7-5-9-17(18)13-15/h4-9,12-13,18H,10-11H2,1-3H3. The van der Waals surface area contributed by atoms with Crippen LogP contribution in [0.3, 0.4) is 0 Å². The third-order valence-corrected chi connectivity index (χ3v) is 4.14. The van der Waals surface area contributed by atoms with Crippen LogP contribution in [0.25, 0.3) is 0 Å². The van der Waals surface area contributed by atoms with Crippen molar-refractivity contribution in [1.29, 1.82) is 0 Å². The summed E-state index contributed by atoms with van der Waals surface area (Å²) >= 11 is 0. The maximum absolute atomic E-state index is 2.41. The fourth-order valence-corrected chi connectivity index (χ4v) is 3.34. The van der Waals surface area contributed by atoms with Gasteiger partial charge in [-0.1, -0.05) is 69.3 Å². The van der Waals surface area contributed by atoms with Crippen LogP contribution in [0.4, 0.5) is 0 Å². The molecule has 2 aromatic rings. The van der Waals surface area contributed by atoms with E-state index in [9.17, 15) is 0 Å². The first-order chi connectivity index (χ1) is 9.04. The molecule has 98 valence electrons. The first-order valence-corrected chi connectivity index (χ1v) is 7.22. The predicted octanol–water partition coefficient (Wildman–Crippen LogP) is 4.96. The highest BCUT2D eigenvalue weighted by Crippen LogP contribution is 2.41. The van der Waals surface area contributed by atoms with Gasteiger partial charge in [-0.25, -0.2) is 0 Å². The Kier molecular flexibility index (Phi) is 2.97. The molecular weight excluding hydrogens is 228 g/mol. The molecule has 0 amide bonds. The summed E-state index contributed by atoms with van der Waals surface area (Å²) in [5.41, 5.74) is 6.10. The Morgan fingerprint density at radius 2 is 1.26 bits per heavy atom. The van der Waals surface area contributed by atoms with Gasteiger partial charge in [0.25, 0.3) is 0 Å². The zero-order chi connectivity index (χ0) is 13.5. The van der Waals surface area contributed by atoms with Crippen LogP contribution in [0.15, 0.2) is 48.5 Å². The van der Waals surface area contributed by atoms with Gasteiger partial charge in [-0.2, -0.15) is 0 Å². The van der Waals surface area contributed by atoms with E-state index in [2.05, 4.69) is 69.3 Å². The molecule has 0 saturated heterocycles. The molecule has 3 rings (SSSR count). The second-order valence-corrected chi connectivity index (χ2v) is 6.79. The van der Waals surface area contributed by atoms with Gasteiger partial charge in [-0.15, -0.1) is 0 Å². The van der Waals surface area contributed by atoms with Crippen molar-refractivity contribution in [1.82, 2.24) is 0 Å². The fraction of sp³-hybridized carbons (Fsp3) is 0.368. The van der Waals surface area contributed by atoms with E-state index in [0.717, 1.165) is 12.8 Å². The lowest BCUT2D eigenvalue weighted by molar-refractivity contribution is 0.358. The Labute approximate surface area is 116 Å². The summed E-state index contributed by atoms with van der Waals surface area (Å²) in [6.45, 7) is 7.03. The third kappa shape index (κ3) is 2.45. The van der Waals surface area contributed by atoms with Crippen LogP contribution in [0.1, 0.15) is 48.9 Å². The van der Waals surface area contributed by atoms with Crippen molar-refractivity contribution in [2.75, 3.05) is 0 Å². The molecule has 0 N–H and O–H groups in total. The van der Waals surface area contributed by atoms with Gasteiger partial charge in [0.05, 0.1) is 0 Å². The molecule has 0 heteroatoms. The summed E-state index contributed by atoms with van der Waals surface area (Å²) in [4.78, 5) is 0. The van der Waals surface area contributed by atoms with Crippen LogP contribution < -0.4 is 0 Å². The van der Waals surface area contributed by atoms with Gasteiger partial charge >= 0.3 is 0 Å². The minimum Gasteiger partial charge on any atom is -0.0617 e. The van der Waals surface area contributed by atoms with E-state index in [-0.39, 0.29) is 5.41 Å². The molecule has 1 aliphatic carbocycles. The SMILES string of the molecule is CC(C)(C)C1c2cccc(c2)CCc2cccc1c2. The van der Waals surface area contributed by atoms with Gasteiger partial charge in [0, 0.05) is 5.92 Å². The monoisotopic (exact) mass is 250 g/mol. The molecule has 2 aromatic carbocycles. The number of aryl methyl sites for hydroxylation is 2. The van der Waals surface area contributed by atoms with Crippen molar-refractivity contribution in [3.8, 4) is 0 Å². The minimum absolute atomic E-state index is 0.238. The van der Waals surface area contributed by atoms with E-state index >= 15 is 0 Å².